The van der Waals surface area contributed by atoms with Gasteiger partial charge in [0.1, 0.15) is 6.10 Å². The van der Waals surface area contributed by atoms with Crippen LogP contribution in [0.15, 0.2) is 24.3 Å². The Hall–Kier alpha value is -0.570. The van der Waals surface area contributed by atoms with Gasteiger partial charge in [0.05, 0.1) is 5.60 Å². The highest BCUT2D eigenvalue weighted by Gasteiger charge is 2.37. The van der Waals surface area contributed by atoms with E-state index in [-0.39, 0.29) is 0 Å². The molecule has 96 valence electrons. The van der Waals surface area contributed by atoms with E-state index in [1.807, 2.05) is 39.0 Å². The molecule has 3 heteroatoms. The summed E-state index contributed by atoms with van der Waals surface area (Å²) in [5.41, 5.74) is 0.200. The second kappa shape index (κ2) is 6.39. The standard InChI is InChI=1S/C14H21ClO2/c1-4-14(5-2,17-6-3)13(16)11-9-7-8-10-12(11)15/h7-10,13,16H,4-6H2,1-3H3. The second-order valence-corrected chi connectivity index (χ2v) is 4.54. The second-order valence-electron chi connectivity index (χ2n) is 4.13. The summed E-state index contributed by atoms with van der Waals surface area (Å²) in [6.45, 7) is 6.58. The summed E-state index contributed by atoms with van der Waals surface area (Å²) in [5, 5.41) is 11.1. The van der Waals surface area contributed by atoms with E-state index in [4.69, 9.17) is 16.3 Å². The van der Waals surface area contributed by atoms with Crippen LogP contribution in [0.25, 0.3) is 0 Å². The molecule has 0 aliphatic heterocycles. The van der Waals surface area contributed by atoms with Crippen molar-refractivity contribution in [3.05, 3.63) is 34.9 Å². The summed E-state index contributed by atoms with van der Waals surface area (Å²) in [4.78, 5) is 0. The normalized spacial score (nSPS) is 13.7. The fourth-order valence-corrected chi connectivity index (χ4v) is 2.43. The van der Waals surface area contributed by atoms with Gasteiger partial charge in [0.2, 0.25) is 0 Å². The Morgan fingerprint density at radius 2 is 1.82 bits per heavy atom. The highest BCUT2D eigenvalue weighted by molar-refractivity contribution is 6.31. The quantitative estimate of drug-likeness (QED) is 0.835. The fraction of sp³-hybridized carbons (Fsp3) is 0.571. The van der Waals surface area contributed by atoms with E-state index in [0.29, 0.717) is 11.6 Å². The third kappa shape index (κ3) is 3.01. The molecule has 1 N–H and O–H groups in total. The summed E-state index contributed by atoms with van der Waals surface area (Å²) in [5.74, 6) is 0. The van der Waals surface area contributed by atoms with Crippen LogP contribution in [0, 0.1) is 0 Å². The molecule has 2 nitrogen and oxygen atoms in total. The van der Waals surface area contributed by atoms with Crippen molar-refractivity contribution >= 4 is 11.6 Å². The molecule has 1 atom stereocenters. The number of hydrogen-bond acceptors (Lipinski definition) is 2. The Morgan fingerprint density at radius 1 is 1.24 bits per heavy atom. The van der Waals surface area contributed by atoms with Gasteiger partial charge in [-0.25, -0.2) is 0 Å². The predicted molar refractivity (Wildman–Crippen MR) is 71.4 cm³/mol. The number of rotatable bonds is 6. The first-order chi connectivity index (χ1) is 8.11. The largest absolute Gasteiger partial charge is 0.385 e. The molecule has 0 spiro atoms. The molecule has 0 saturated carbocycles. The maximum Gasteiger partial charge on any atom is 0.109 e. The van der Waals surface area contributed by atoms with Gasteiger partial charge in [-0.1, -0.05) is 43.6 Å². The molecular weight excluding hydrogens is 236 g/mol. The van der Waals surface area contributed by atoms with Crippen LogP contribution in [-0.2, 0) is 4.74 Å². The van der Waals surface area contributed by atoms with Gasteiger partial charge in [0.15, 0.2) is 0 Å². The highest BCUT2D eigenvalue weighted by atomic mass is 35.5. The van der Waals surface area contributed by atoms with Gasteiger partial charge < -0.3 is 9.84 Å². The minimum Gasteiger partial charge on any atom is -0.385 e. The van der Waals surface area contributed by atoms with Crippen LogP contribution in [0.5, 0.6) is 0 Å². The number of aliphatic hydroxyl groups excluding tert-OH is 1. The van der Waals surface area contributed by atoms with Crippen molar-refractivity contribution in [3.8, 4) is 0 Å². The molecule has 1 unspecified atom stereocenters. The lowest BCUT2D eigenvalue weighted by atomic mass is 9.86. The molecule has 0 saturated heterocycles. The van der Waals surface area contributed by atoms with Crippen molar-refractivity contribution in [2.24, 2.45) is 0 Å². The average molecular weight is 257 g/mol. The van der Waals surface area contributed by atoms with Crippen molar-refractivity contribution in [2.45, 2.75) is 45.3 Å². The lowest BCUT2D eigenvalue weighted by Crippen LogP contribution is -2.38. The van der Waals surface area contributed by atoms with Crippen LogP contribution >= 0.6 is 11.6 Å². The summed E-state index contributed by atoms with van der Waals surface area (Å²) in [7, 11) is 0. The number of benzene rings is 1. The van der Waals surface area contributed by atoms with Gasteiger partial charge in [0.25, 0.3) is 0 Å². The molecule has 0 radical (unpaired) electrons. The molecule has 0 aromatic heterocycles. The summed E-state index contributed by atoms with van der Waals surface area (Å²) in [6, 6.07) is 7.39. The first-order valence-electron chi connectivity index (χ1n) is 6.17. The van der Waals surface area contributed by atoms with Gasteiger partial charge in [-0.2, -0.15) is 0 Å². The summed E-state index contributed by atoms with van der Waals surface area (Å²) >= 11 is 6.12. The van der Waals surface area contributed by atoms with Gasteiger partial charge in [0, 0.05) is 17.2 Å². The molecule has 0 amide bonds. The summed E-state index contributed by atoms with van der Waals surface area (Å²) in [6.07, 6.45) is 0.819. The summed E-state index contributed by atoms with van der Waals surface area (Å²) < 4.78 is 5.79. The van der Waals surface area contributed by atoms with Gasteiger partial charge in [-0.05, 0) is 25.8 Å². The molecule has 0 fully saturated rings. The highest BCUT2D eigenvalue weighted by Crippen LogP contribution is 2.37. The maximum atomic E-state index is 10.5. The van der Waals surface area contributed by atoms with Gasteiger partial charge in [-0.3, -0.25) is 0 Å². The lowest BCUT2D eigenvalue weighted by molar-refractivity contribution is -0.127. The van der Waals surface area contributed by atoms with Crippen molar-refractivity contribution in [1.82, 2.24) is 0 Å². The van der Waals surface area contributed by atoms with Crippen molar-refractivity contribution in [1.29, 1.82) is 0 Å². The van der Waals surface area contributed by atoms with Crippen LogP contribution < -0.4 is 0 Å². The van der Waals surface area contributed by atoms with Gasteiger partial charge >= 0.3 is 0 Å². The van der Waals surface area contributed by atoms with E-state index in [2.05, 4.69) is 0 Å². The van der Waals surface area contributed by atoms with Crippen molar-refractivity contribution < 1.29 is 9.84 Å². The third-order valence-corrected chi connectivity index (χ3v) is 3.67. The Bertz CT molecular complexity index is 348. The van der Waals surface area contributed by atoms with E-state index in [0.717, 1.165) is 18.4 Å². The van der Waals surface area contributed by atoms with E-state index >= 15 is 0 Å². The molecule has 0 aliphatic rings. The van der Waals surface area contributed by atoms with Crippen molar-refractivity contribution in [2.75, 3.05) is 6.61 Å². The van der Waals surface area contributed by atoms with Crippen LogP contribution in [0.4, 0.5) is 0 Å². The first-order valence-corrected chi connectivity index (χ1v) is 6.55. The molecule has 1 rings (SSSR count). The number of aliphatic hydroxyl groups is 1. The lowest BCUT2D eigenvalue weighted by Gasteiger charge is -2.36. The SMILES string of the molecule is CCOC(CC)(CC)C(O)c1ccccc1Cl. The number of hydrogen-bond donors (Lipinski definition) is 1. The molecule has 17 heavy (non-hydrogen) atoms. The fourth-order valence-electron chi connectivity index (χ4n) is 2.19. The Morgan fingerprint density at radius 3 is 2.29 bits per heavy atom. The monoisotopic (exact) mass is 256 g/mol. The Kier molecular flexibility index (Phi) is 5.44. The number of ether oxygens (including phenoxy) is 1. The van der Waals surface area contributed by atoms with Gasteiger partial charge in [-0.15, -0.1) is 0 Å². The minimum absolute atomic E-state index is 0.542. The predicted octanol–water partition coefficient (Wildman–Crippen LogP) is 3.97. The van der Waals surface area contributed by atoms with Crippen LogP contribution in [0.2, 0.25) is 5.02 Å². The van der Waals surface area contributed by atoms with Crippen LogP contribution in [0.1, 0.15) is 45.3 Å². The molecule has 0 heterocycles. The van der Waals surface area contributed by atoms with Crippen LogP contribution in [0.3, 0.4) is 0 Å². The van der Waals surface area contributed by atoms with Crippen LogP contribution in [-0.4, -0.2) is 17.3 Å². The Balaban J connectivity index is 3.07. The van der Waals surface area contributed by atoms with E-state index < -0.39 is 11.7 Å². The smallest absolute Gasteiger partial charge is 0.109 e. The molecule has 1 aromatic rings. The van der Waals surface area contributed by atoms with Crippen molar-refractivity contribution in [3.63, 3.8) is 0 Å². The molecule has 0 aliphatic carbocycles. The third-order valence-electron chi connectivity index (χ3n) is 3.33. The molecular formula is C14H21ClO2. The molecule has 1 aromatic carbocycles. The minimum atomic E-state index is -0.689. The Labute approximate surface area is 109 Å². The topological polar surface area (TPSA) is 29.5 Å². The van der Waals surface area contributed by atoms with E-state index in [1.165, 1.54) is 0 Å². The average Bonchev–Trinajstić information content (AvgIpc) is 2.36. The van der Waals surface area contributed by atoms with E-state index in [1.54, 1.807) is 6.07 Å². The zero-order chi connectivity index (χ0) is 12.9. The zero-order valence-electron chi connectivity index (χ0n) is 10.7. The first kappa shape index (κ1) is 14.5. The van der Waals surface area contributed by atoms with E-state index in [9.17, 15) is 5.11 Å². The zero-order valence-corrected chi connectivity index (χ0v) is 11.5. The molecule has 0 bridgehead atoms. The number of halogens is 1. The maximum absolute atomic E-state index is 10.5.